The maximum Gasteiger partial charge on any atom is 0.255 e. The van der Waals surface area contributed by atoms with Gasteiger partial charge in [-0.05, 0) is 68.2 Å². The monoisotopic (exact) mass is 369 g/mol. The number of fused-ring (bicyclic) bond motifs is 1. The first kappa shape index (κ1) is 19.5. The second-order valence-electron chi connectivity index (χ2n) is 7.30. The summed E-state index contributed by atoms with van der Waals surface area (Å²) >= 11 is 0. The van der Waals surface area contributed by atoms with E-state index in [9.17, 15) is 9.18 Å². The molecule has 1 heterocycles. The molecule has 1 aliphatic rings. The molecule has 0 unspecified atom stereocenters. The molecule has 2 aromatic carbocycles. The van der Waals surface area contributed by atoms with E-state index in [1.807, 2.05) is 18.2 Å². The summed E-state index contributed by atoms with van der Waals surface area (Å²) in [5.74, 6) is -0.597. The van der Waals surface area contributed by atoms with Crippen LogP contribution in [0, 0.1) is 5.82 Å². The third kappa shape index (κ3) is 4.54. The van der Waals surface area contributed by atoms with Crippen molar-refractivity contribution in [3.8, 4) is 0 Å². The van der Waals surface area contributed by atoms with Crippen molar-refractivity contribution in [2.24, 2.45) is 0 Å². The Morgan fingerprint density at radius 1 is 1.22 bits per heavy atom. The number of amides is 1. The minimum absolute atomic E-state index is 0.252. The van der Waals surface area contributed by atoms with E-state index in [0.717, 1.165) is 30.8 Å². The van der Waals surface area contributed by atoms with Crippen LogP contribution >= 0.6 is 0 Å². The fourth-order valence-corrected chi connectivity index (χ4v) is 3.48. The third-order valence-corrected chi connectivity index (χ3v) is 5.19. The summed E-state index contributed by atoms with van der Waals surface area (Å²) in [6.07, 6.45) is 0.642. The summed E-state index contributed by atoms with van der Waals surface area (Å²) in [6, 6.07) is 11.5. The average Bonchev–Trinajstić information content (AvgIpc) is 2.68. The van der Waals surface area contributed by atoms with E-state index in [-0.39, 0.29) is 17.4 Å². The quantitative estimate of drug-likeness (QED) is 0.810. The Labute approximate surface area is 160 Å². The third-order valence-electron chi connectivity index (χ3n) is 5.19. The molecule has 5 heteroatoms. The molecule has 0 radical (unpaired) electrons. The maximum absolute atomic E-state index is 14.7. The van der Waals surface area contributed by atoms with Crippen LogP contribution in [0.15, 0.2) is 36.4 Å². The lowest BCUT2D eigenvalue weighted by molar-refractivity contribution is 0.102. The summed E-state index contributed by atoms with van der Waals surface area (Å²) in [4.78, 5) is 14.9. The Bertz CT molecular complexity index is 802. The number of benzene rings is 2. The van der Waals surface area contributed by atoms with Crippen molar-refractivity contribution < 1.29 is 9.18 Å². The Morgan fingerprint density at radius 3 is 2.63 bits per heavy atom. The number of carbonyl (C=O) groups is 1. The summed E-state index contributed by atoms with van der Waals surface area (Å²) in [7, 11) is 0. The zero-order valence-electron chi connectivity index (χ0n) is 16.3. The van der Waals surface area contributed by atoms with Crippen LogP contribution in [0.1, 0.15) is 47.8 Å². The molecule has 2 aromatic rings. The molecule has 0 spiro atoms. The second-order valence-corrected chi connectivity index (χ2v) is 7.30. The largest absolute Gasteiger partial charge is 0.319 e. The highest BCUT2D eigenvalue weighted by Gasteiger charge is 2.18. The highest BCUT2D eigenvalue weighted by molar-refractivity contribution is 6.04. The number of anilines is 1. The zero-order chi connectivity index (χ0) is 19.4. The van der Waals surface area contributed by atoms with Crippen molar-refractivity contribution in [3.05, 3.63) is 64.5 Å². The minimum Gasteiger partial charge on any atom is -0.319 e. The number of nitrogens with one attached hydrogen (secondary N) is 2. The number of hydrogen-bond acceptors (Lipinski definition) is 3. The van der Waals surface area contributed by atoms with E-state index in [1.54, 1.807) is 18.2 Å². The predicted octanol–water partition coefficient (Wildman–Crippen LogP) is 3.95. The van der Waals surface area contributed by atoms with Crippen molar-refractivity contribution in [2.75, 3.05) is 18.4 Å². The van der Waals surface area contributed by atoms with Crippen LogP contribution in [0.25, 0.3) is 0 Å². The van der Waals surface area contributed by atoms with Crippen LogP contribution in [0.2, 0.25) is 0 Å². The van der Waals surface area contributed by atoms with E-state index in [2.05, 4.69) is 36.3 Å². The first-order chi connectivity index (χ1) is 13.0. The lowest BCUT2D eigenvalue weighted by Crippen LogP contribution is -2.29. The number of halogens is 1. The van der Waals surface area contributed by atoms with E-state index >= 15 is 0 Å². The molecule has 2 N–H and O–H groups in total. The SMILES string of the molecule is CCN(Cc1ccc(C(=O)Nc2ccc3c(c2F)CCNC3)cc1)C(C)C. The molecule has 0 atom stereocenters. The van der Waals surface area contributed by atoms with Crippen LogP contribution in [-0.2, 0) is 19.5 Å². The Morgan fingerprint density at radius 2 is 1.96 bits per heavy atom. The molecule has 0 saturated carbocycles. The van der Waals surface area contributed by atoms with E-state index in [0.29, 0.717) is 30.1 Å². The average molecular weight is 369 g/mol. The predicted molar refractivity (Wildman–Crippen MR) is 107 cm³/mol. The summed E-state index contributed by atoms with van der Waals surface area (Å²) < 4.78 is 14.7. The number of carbonyl (C=O) groups excluding carboxylic acids is 1. The van der Waals surface area contributed by atoms with Gasteiger partial charge in [0.25, 0.3) is 5.91 Å². The highest BCUT2D eigenvalue weighted by Crippen LogP contribution is 2.25. The van der Waals surface area contributed by atoms with Crippen molar-refractivity contribution >= 4 is 11.6 Å². The van der Waals surface area contributed by atoms with Gasteiger partial charge in [-0.1, -0.05) is 25.1 Å². The molecule has 144 valence electrons. The van der Waals surface area contributed by atoms with Gasteiger partial charge in [0, 0.05) is 24.7 Å². The first-order valence-electron chi connectivity index (χ1n) is 9.65. The smallest absolute Gasteiger partial charge is 0.255 e. The van der Waals surface area contributed by atoms with Gasteiger partial charge in [0.15, 0.2) is 0 Å². The number of nitrogens with zero attached hydrogens (tertiary/aromatic N) is 1. The zero-order valence-corrected chi connectivity index (χ0v) is 16.3. The lowest BCUT2D eigenvalue weighted by atomic mass is 9.99. The highest BCUT2D eigenvalue weighted by atomic mass is 19.1. The minimum atomic E-state index is -0.311. The molecule has 1 aliphatic heterocycles. The molecule has 0 aliphatic carbocycles. The molecule has 0 saturated heterocycles. The van der Waals surface area contributed by atoms with Gasteiger partial charge in [-0.3, -0.25) is 9.69 Å². The lowest BCUT2D eigenvalue weighted by Gasteiger charge is -2.24. The van der Waals surface area contributed by atoms with Crippen molar-refractivity contribution in [2.45, 2.75) is 46.3 Å². The van der Waals surface area contributed by atoms with Crippen LogP contribution in [0.4, 0.5) is 10.1 Å². The molecule has 4 nitrogen and oxygen atoms in total. The van der Waals surface area contributed by atoms with Gasteiger partial charge in [0.2, 0.25) is 0 Å². The van der Waals surface area contributed by atoms with Gasteiger partial charge in [-0.2, -0.15) is 0 Å². The fourth-order valence-electron chi connectivity index (χ4n) is 3.48. The molecule has 27 heavy (non-hydrogen) atoms. The van der Waals surface area contributed by atoms with Crippen LogP contribution in [0.3, 0.4) is 0 Å². The summed E-state index contributed by atoms with van der Waals surface area (Å²) in [5, 5.41) is 5.95. The van der Waals surface area contributed by atoms with Crippen LogP contribution < -0.4 is 10.6 Å². The second kappa shape index (κ2) is 8.63. The first-order valence-corrected chi connectivity index (χ1v) is 9.65. The summed E-state index contributed by atoms with van der Waals surface area (Å²) in [6.45, 7) is 9.76. The van der Waals surface area contributed by atoms with Gasteiger partial charge >= 0.3 is 0 Å². The van der Waals surface area contributed by atoms with E-state index in [4.69, 9.17) is 0 Å². The van der Waals surface area contributed by atoms with Gasteiger partial charge < -0.3 is 10.6 Å². The molecule has 3 rings (SSSR count). The van der Waals surface area contributed by atoms with Crippen LogP contribution in [-0.4, -0.2) is 29.9 Å². The standard InChI is InChI=1S/C22H28FN3O/c1-4-26(15(2)3)14-16-5-7-17(8-6-16)22(27)25-20-10-9-18-13-24-12-11-19(18)21(20)23/h5-10,15,24H,4,11-14H2,1-3H3,(H,25,27). The Kier molecular flexibility index (Phi) is 6.24. The Hall–Kier alpha value is -2.24. The molecule has 0 bridgehead atoms. The van der Waals surface area contributed by atoms with Crippen molar-refractivity contribution in [1.82, 2.24) is 10.2 Å². The van der Waals surface area contributed by atoms with E-state index < -0.39 is 0 Å². The van der Waals surface area contributed by atoms with E-state index in [1.165, 1.54) is 0 Å². The van der Waals surface area contributed by atoms with Crippen molar-refractivity contribution in [1.29, 1.82) is 0 Å². The molecular formula is C22H28FN3O. The van der Waals surface area contributed by atoms with Gasteiger partial charge in [0.1, 0.15) is 5.82 Å². The number of rotatable bonds is 6. The summed E-state index contributed by atoms with van der Waals surface area (Å²) in [5.41, 5.74) is 3.61. The molecule has 1 amide bonds. The van der Waals surface area contributed by atoms with Gasteiger partial charge in [0.05, 0.1) is 5.69 Å². The van der Waals surface area contributed by atoms with Gasteiger partial charge in [-0.25, -0.2) is 4.39 Å². The maximum atomic E-state index is 14.7. The fraction of sp³-hybridized carbons (Fsp3) is 0.409. The van der Waals surface area contributed by atoms with Gasteiger partial charge in [-0.15, -0.1) is 0 Å². The Balaban J connectivity index is 1.70. The van der Waals surface area contributed by atoms with Crippen molar-refractivity contribution in [3.63, 3.8) is 0 Å². The number of hydrogen-bond donors (Lipinski definition) is 2. The molecule has 0 aromatic heterocycles. The normalized spacial score (nSPS) is 13.7. The van der Waals surface area contributed by atoms with Crippen LogP contribution in [0.5, 0.6) is 0 Å². The topological polar surface area (TPSA) is 44.4 Å². The molecular weight excluding hydrogens is 341 g/mol. The molecule has 0 fully saturated rings.